The fourth-order valence-corrected chi connectivity index (χ4v) is 3.11. The number of hydrogen-bond donors (Lipinski definition) is 1. The first-order valence-corrected chi connectivity index (χ1v) is 10.8. The molecule has 0 spiro atoms. The molecule has 0 amide bonds. The normalized spacial score (nSPS) is 11.3. The summed E-state index contributed by atoms with van der Waals surface area (Å²) in [5.41, 5.74) is 1.14. The Morgan fingerprint density at radius 3 is 2.19 bits per heavy atom. The molecule has 2 nitrogen and oxygen atoms in total. The highest BCUT2D eigenvalue weighted by Gasteiger charge is 1.97. The molecule has 1 rings (SSSR count). The highest BCUT2D eigenvalue weighted by atomic mass is 16.5. The number of rotatable bonds is 17. The third-order valence-electron chi connectivity index (χ3n) is 4.72. The lowest BCUT2D eigenvalue weighted by Crippen LogP contribution is -1.98. The van der Waals surface area contributed by atoms with Crippen LogP contribution >= 0.6 is 0 Å². The smallest absolute Gasteiger partial charge is 0.119 e. The van der Waals surface area contributed by atoms with Gasteiger partial charge in [0.05, 0.1) is 6.61 Å². The number of aliphatic hydroxyl groups is 1. The first kappa shape index (κ1) is 22.8. The zero-order chi connectivity index (χ0) is 18.7. The van der Waals surface area contributed by atoms with Crippen molar-refractivity contribution in [3.05, 3.63) is 42.0 Å². The summed E-state index contributed by atoms with van der Waals surface area (Å²) >= 11 is 0. The van der Waals surface area contributed by atoms with Crippen LogP contribution in [-0.4, -0.2) is 18.3 Å². The Morgan fingerprint density at radius 2 is 1.50 bits per heavy atom. The van der Waals surface area contributed by atoms with Crippen molar-refractivity contribution >= 4 is 0 Å². The molecule has 2 heteroatoms. The van der Waals surface area contributed by atoms with Crippen molar-refractivity contribution in [1.29, 1.82) is 0 Å². The minimum atomic E-state index is 0.193. The Bertz CT molecular complexity index is 453. The predicted molar refractivity (Wildman–Crippen MR) is 113 cm³/mol. The molecule has 0 aromatic heterocycles. The number of hydrogen-bond acceptors (Lipinski definition) is 2. The van der Waals surface area contributed by atoms with Gasteiger partial charge in [0.1, 0.15) is 5.75 Å². The third kappa shape index (κ3) is 13.0. The molecule has 1 aromatic carbocycles. The quantitative estimate of drug-likeness (QED) is 0.243. The Morgan fingerprint density at radius 1 is 0.846 bits per heavy atom. The standard InChI is InChI=1S/C24H40O2/c1-2-3-4-5-6-7-8-9-10-11-12-13-14-15-21-26-24-18-16-17-23(22-24)19-20-25/h7-8,16-18,22,25H,2-6,9-15,19-21H2,1H3/b8-7-. The molecule has 0 heterocycles. The van der Waals surface area contributed by atoms with E-state index >= 15 is 0 Å². The van der Waals surface area contributed by atoms with E-state index in [1.165, 1.54) is 70.6 Å². The van der Waals surface area contributed by atoms with Crippen molar-refractivity contribution in [2.24, 2.45) is 0 Å². The van der Waals surface area contributed by atoms with Crippen molar-refractivity contribution in [1.82, 2.24) is 0 Å². The van der Waals surface area contributed by atoms with E-state index in [2.05, 4.69) is 19.1 Å². The average molecular weight is 361 g/mol. The van der Waals surface area contributed by atoms with Crippen LogP contribution in [0.5, 0.6) is 5.75 Å². The van der Waals surface area contributed by atoms with Gasteiger partial charge in [-0.15, -0.1) is 0 Å². The first-order valence-electron chi connectivity index (χ1n) is 10.8. The van der Waals surface area contributed by atoms with Gasteiger partial charge in [-0.05, 0) is 56.2 Å². The van der Waals surface area contributed by atoms with Crippen LogP contribution in [0.4, 0.5) is 0 Å². The minimum Gasteiger partial charge on any atom is -0.494 e. The van der Waals surface area contributed by atoms with E-state index in [1.54, 1.807) is 0 Å². The average Bonchev–Trinajstić information content (AvgIpc) is 2.65. The van der Waals surface area contributed by atoms with E-state index in [0.717, 1.165) is 24.3 Å². The van der Waals surface area contributed by atoms with Crippen LogP contribution in [0.2, 0.25) is 0 Å². The molecule has 0 unspecified atom stereocenters. The Labute approximate surface area is 161 Å². The summed E-state index contributed by atoms with van der Waals surface area (Å²) in [6.45, 7) is 3.25. The zero-order valence-corrected chi connectivity index (χ0v) is 16.9. The van der Waals surface area contributed by atoms with Gasteiger partial charge in [0.15, 0.2) is 0 Å². The van der Waals surface area contributed by atoms with E-state index in [-0.39, 0.29) is 6.61 Å². The lowest BCUT2D eigenvalue weighted by atomic mass is 10.1. The van der Waals surface area contributed by atoms with Gasteiger partial charge >= 0.3 is 0 Å². The first-order chi connectivity index (χ1) is 12.9. The summed E-state index contributed by atoms with van der Waals surface area (Å²) in [5.74, 6) is 0.928. The molecule has 0 aliphatic heterocycles. The molecule has 26 heavy (non-hydrogen) atoms. The molecule has 148 valence electrons. The molecule has 0 fully saturated rings. The van der Waals surface area contributed by atoms with Gasteiger partial charge < -0.3 is 9.84 Å². The topological polar surface area (TPSA) is 29.5 Å². The largest absolute Gasteiger partial charge is 0.494 e. The van der Waals surface area contributed by atoms with Gasteiger partial charge in [-0.2, -0.15) is 0 Å². The molecular formula is C24H40O2. The van der Waals surface area contributed by atoms with Crippen molar-refractivity contribution in [2.75, 3.05) is 13.2 Å². The molecule has 0 radical (unpaired) electrons. The highest BCUT2D eigenvalue weighted by molar-refractivity contribution is 5.28. The highest BCUT2D eigenvalue weighted by Crippen LogP contribution is 2.15. The van der Waals surface area contributed by atoms with Gasteiger partial charge in [-0.1, -0.05) is 76.2 Å². The maximum absolute atomic E-state index is 8.98. The summed E-state index contributed by atoms with van der Waals surface area (Å²) in [6.07, 6.45) is 21.2. The molecule has 0 saturated carbocycles. The molecule has 0 aliphatic carbocycles. The van der Waals surface area contributed by atoms with Crippen LogP contribution in [-0.2, 0) is 6.42 Å². The van der Waals surface area contributed by atoms with Gasteiger partial charge in [0.25, 0.3) is 0 Å². The van der Waals surface area contributed by atoms with Crippen molar-refractivity contribution in [3.8, 4) is 5.75 Å². The fourth-order valence-electron chi connectivity index (χ4n) is 3.11. The second kappa shape index (κ2) is 17.1. The maximum Gasteiger partial charge on any atom is 0.119 e. The van der Waals surface area contributed by atoms with E-state index in [9.17, 15) is 0 Å². The number of benzene rings is 1. The van der Waals surface area contributed by atoms with Gasteiger partial charge in [-0.25, -0.2) is 0 Å². The number of ether oxygens (including phenoxy) is 1. The van der Waals surface area contributed by atoms with Gasteiger partial charge in [0, 0.05) is 6.61 Å². The summed E-state index contributed by atoms with van der Waals surface area (Å²) in [6, 6.07) is 8.07. The molecule has 1 aromatic rings. The minimum absolute atomic E-state index is 0.193. The fraction of sp³-hybridized carbons (Fsp3) is 0.667. The van der Waals surface area contributed by atoms with Crippen LogP contribution in [0.25, 0.3) is 0 Å². The molecule has 1 N–H and O–H groups in total. The molecule has 0 aliphatic rings. The lowest BCUT2D eigenvalue weighted by molar-refractivity contribution is 0.296. The van der Waals surface area contributed by atoms with Crippen LogP contribution < -0.4 is 4.74 Å². The van der Waals surface area contributed by atoms with Gasteiger partial charge in [-0.3, -0.25) is 0 Å². The predicted octanol–water partition coefficient (Wildman–Crippen LogP) is 6.86. The van der Waals surface area contributed by atoms with Crippen molar-refractivity contribution < 1.29 is 9.84 Å². The Kier molecular flexibility index (Phi) is 15.0. The van der Waals surface area contributed by atoms with E-state index in [1.807, 2.05) is 24.3 Å². The zero-order valence-electron chi connectivity index (χ0n) is 16.9. The second-order valence-corrected chi connectivity index (χ2v) is 7.20. The lowest BCUT2D eigenvalue weighted by Gasteiger charge is -2.07. The number of aliphatic hydroxyl groups excluding tert-OH is 1. The van der Waals surface area contributed by atoms with Gasteiger partial charge in [0.2, 0.25) is 0 Å². The van der Waals surface area contributed by atoms with Crippen LogP contribution in [0.3, 0.4) is 0 Å². The Hall–Kier alpha value is -1.28. The molecule has 0 atom stereocenters. The summed E-state index contributed by atoms with van der Waals surface area (Å²) in [5, 5.41) is 8.98. The van der Waals surface area contributed by atoms with Crippen LogP contribution in [0.1, 0.15) is 89.5 Å². The van der Waals surface area contributed by atoms with Crippen molar-refractivity contribution in [3.63, 3.8) is 0 Å². The summed E-state index contributed by atoms with van der Waals surface area (Å²) < 4.78 is 5.81. The molecular weight excluding hydrogens is 320 g/mol. The summed E-state index contributed by atoms with van der Waals surface area (Å²) in [4.78, 5) is 0. The molecule has 0 bridgehead atoms. The monoisotopic (exact) mass is 360 g/mol. The summed E-state index contributed by atoms with van der Waals surface area (Å²) in [7, 11) is 0. The van der Waals surface area contributed by atoms with E-state index in [4.69, 9.17) is 9.84 Å². The van der Waals surface area contributed by atoms with Crippen molar-refractivity contribution in [2.45, 2.75) is 90.4 Å². The van der Waals surface area contributed by atoms with E-state index in [0.29, 0.717) is 6.42 Å². The van der Waals surface area contributed by atoms with Crippen LogP contribution in [0.15, 0.2) is 36.4 Å². The second-order valence-electron chi connectivity index (χ2n) is 7.20. The maximum atomic E-state index is 8.98. The van der Waals surface area contributed by atoms with Crippen LogP contribution in [0, 0.1) is 0 Å². The van der Waals surface area contributed by atoms with E-state index < -0.39 is 0 Å². The SMILES string of the molecule is CCCCCC/C=C\CCCCCCCCOc1cccc(CCO)c1. The number of unbranched alkanes of at least 4 members (excludes halogenated alkanes) is 10. The third-order valence-corrected chi connectivity index (χ3v) is 4.72. The number of allylic oxidation sites excluding steroid dienone is 2. The molecule has 0 saturated heterocycles. The Balaban J connectivity index is 1.87.